The van der Waals surface area contributed by atoms with Crippen molar-refractivity contribution in [3.05, 3.63) is 34.9 Å². The lowest BCUT2D eigenvalue weighted by Gasteiger charge is -2.24. The van der Waals surface area contributed by atoms with Crippen LogP contribution in [-0.2, 0) is 6.54 Å². The number of rotatable bonds is 3. The Morgan fingerprint density at radius 2 is 2.00 bits per heavy atom. The predicted octanol–water partition coefficient (Wildman–Crippen LogP) is 2.26. The lowest BCUT2D eigenvalue weighted by Crippen LogP contribution is -2.32. The van der Waals surface area contributed by atoms with Gasteiger partial charge in [-0.1, -0.05) is 18.2 Å². The zero-order chi connectivity index (χ0) is 11.5. The lowest BCUT2D eigenvalue weighted by molar-refractivity contribution is 0.153. The lowest BCUT2D eigenvalue weighted by atomic mass is 10.0. The molecule has 1 aliphatic rings. The third kappa shape index (κ3) is 2.28. The summed E-state index contributed by atoms with van der Waals surface area (Å²) in [5.41, 5.74) is 4.16. The van der Waals surface area contributed by atoms with E-state index in [0.29, 0.717) is 12.6 Å². The van der Waals surface area contributed by atoms with Gasteiger partial charge in [0, 0.05) is 12.6 Å². The molecule has 0 aliphatic carbocycles. The Bertz CT molecular complexity index is 342. The molecule has 0 radical (unpaired) electrons. The van der Waals surface area contributed by atoms with E-state index in [9.17, 15) is 5.11 Å². The maximum atomic E-state index is 9.31. The maximum absolute atomic E-state index is 9.31. The second-order valence-corrected chi connectivity index (χ2v) is 4.82. The highest BCUT2D eigenvalue weighted by molar-refractivity contribution is 5.33. The standard InChI is InChI=1S/C14H21NO/c1-11-5-3-6-12(2)14(11)9-15-8-4-7-13(15)10-16/h3,5-6,13,16H,4,7-10H2,1-2H3/t13-/m0/s1. The topological polar surface area (TPSA) is 23.5 Å². The van der Waals surface area contributed by atoms with Gasteiger partial charge in [-0.2, -0.15) is 0 Å². The van der Waals surface area contributed by atoms with Crippen molar-refractivity contribution in [2.45, 2.75) is 39.3 Å². The molecular weight excluding hydrogens is 198 g/mol. The van der Waals surface area contributed by atoms with Crippen LogP contribution in [0.5, 0.6) is 0 Å². The molecule has 2 nitrogen and oxygen atoms in total. The summed E-state index contributed by atoms with van der Waals surface area (Å²) >= 11 is 0. The Balaban J connectivity index is 2.14. The summed E-state index contributed by atoms with van der Waals surface area (Å²) < 4.78 is 0. The number of hydrogen-bond donors (Lipinski definition) is 1. The fourth-order valence-corrected chi connectivity index (χ4v) is 2.61. The summed E-state index contributed by atoms with van der Waals surface area (Å²) in [6, 6.07) is 6.83. The number of likely N-dealkylation sites (tertiary alicyclic amines) is 1. The normalized spacial score (nSPS) is 21.6. The van der Waals surface area contributed by atoms with Crippen LogP contribution in [0.1, 0.15) is 29.5 Å². The third-order valence-electron chi connectivity index (χ3n) is 3.72. The van der Waals surface area contributed by atoms with E-state index >= 15 is 0 Å². The number of benzene rings is 1. The van der Waals surface area contributed by atoms with E-state index in [2.05, 4.69) is 36.9 Å². The molecular formula is C14H21NO. The van der Waals surface area contributed by atoms with Gasteiger partial charge in [0.05, 0.1) is 6.61 Å². The van der Waals surface area contributed by atoms with E-state index in [-0.39, 0.29) is 0 Å². The molecule has 2 rings (SSSR count). The van der Waals surface area contributed by atoms with Gasteiger partial charge in [0.1, 0.15) is 0 Å². The van der Waals surface area contributed by atoms with Crippen LogP contribution in [-0.4, -0.2) is 29.2 Å². The van der Waals surface area contributed by atoms with Gasteiger partial charge < -0.3 is 5.11 Å². The Hall–Kier alpha value is -0.860. The van der Waals surface area contributed by atoms with Crippen molar-refractivity contribution in [2.24, 2.45) is 0 Å². The molecule has 0 amide bonds. The van der Waals surface area contributed by atoms with E-state index in [4.69, 9.17) is 0 Å². The molecule has 1 heterocycles. The number of aliphatic hydroxyl groups excluding tert-OH is 1. The highest BCUT2D eigenvalue weighted by Gasteiger charge is 2.24. The highest BCUT2D eigenvalue weighted by atomic mass is 16.3. The van der Waals surface area contributed by atoms with Crippen molar-refractivity contribution in [2.75, 3.05) is 13.2 Å². The van der Waals surface area contributed by atoms with Crippen LogP contribution >= 0.6 is 0 Å². The first-order chi connectivity index (χ1) is 7.72. The van der Waals surface area contributed by atoms with Crippen molar-refractivity contribution in [1.29, 1.82) is 0 Å². The van der Waals surface area contributed by atoms with Gasteiger partial charge in [-0.15, -0.1) is 0 Å². The van der Waals surface area contributed by atoms with Crippen LogP contribution < -0.4 is 0 Å². The Morgan fingerprint density at radius 3 is 2.62 bits per heavy atom. The van der Waals surface area contributed by atoms with E-state index in [1.54, 1.807) is 0 Å². The molecule has 1 aliphatic heterocycles. The Labute approximate surface area is 97.9 Å². The minimum atomic E-state index is 0.297. The van der Waals surface area contributed by atoms with Crippen molar-refractivity contribution >= 4 is 0 Å². The first kappa shape index (κ1) is 11.6. The van der Waals surface area contributed by atoms with Crippen LogP contribution in [0.4, 0.5) is 0 Å². The number of aliphatic hydroxyl groups is 1. The summed E-state index contributed by atoms with van der Waals surface area (Å²) in [5, 5.41) is 9.31. The second kappa shape index (κ2) is 4.98. The second-order valence-electron chi connectivity index (χ2n) is 4.82. The SMILES string of the molecule is Cc1cccc(C)c1CN1CCC[C@H]1CO. The Morgan fingerprint density at radius 1 is 1.31 bits per heavy atom. The first-order valence-corrected chi connectivity index (χ1v) is 6.12. The highest BCUT2D eigenvalue weighted by Crippen LogP contribution is 2.22. The molecule has 0 bridgehead atoms. The molecule has 0 spiro atoms. The molecule has 1 N–H and O–H groups in total. The monoisotopic (exact) mass is 219 g/mol. The van der Waals surface area contributed by atoms with Crippen LogP contribution in [0.2, 0.25) is 0 Å². The van der Waals surface area contributed by atoms with Gasteiger partial charge in [-0.25, -0.2) is 0 Å². The third-order valence-corrected chi connectivity index (χ3v) is 3.72. The number of hydrogen-bond acceptors (Lipinski definition) is 2. The van der Waals surface area contributed by atoms with Crippen molar-refractivity contribution in [3.8, 4) is 0 Å². The predicted molar refractivity (Wildman–Crippen MR) is 66.4 cm³/mol. The summed E-state index contributed by atoms with van der Waals surface area (Å²) in [6.07, 6.45) is 2.36. The summed E-state index contributed by atoms with van der Waals surface area (Å²) in [7, 11) is 0. The number of aryl methyl sites for hydroxylation is 2. The average molecular weight is 219 g/mol. The molecule has 88 valence electrons. The molecule has 1 aromatic carbocycles. The molecule has 0 unspecified atom stereocenters. The molecule has 1 aromatic rings. The largest absolute Gasteiger partial charge is 0.395 e. The molecule has 1 saturated heterocycles. The van der Waals surface area contributed by atoms with Gasteiger partial charge in [0.25, 0.3) is 0 Å². The van der Waals surface area contributed by atoms with Gasteiger partial charge in [-0.3, -0.25) is 4.90 Å². The van der Waals surface area contributed by atoms with Gasteiger partial charge >= 0.3 is 0 Å². The first-order valence-electron chi connectivity index (χ1n) is 6.12. The van der Waals surface area contributed by atoms with E-state index in [1.165, 1.54) is 23.1 Å². The van der Waals surface area contributed by atoms with Crippen LogP contribution in [0.3, 0.4) is 0 Å². The van der Waals surface area contributed by atoms with Crippen molar-refractivity contribution in [3.63, 3.8) is 0 Å². The fourth-order valence-electron chi connectivity index (χ4n) is 2.61. The smallest absolute Gasteiger partial charge is 0.0587 e. The van der Waals surface area contributed by atoms with E-state index < -0.39 is 0 Å². The summed E-state index contributed by atoms with van der Waals surface area (Å²) in [6.45, 7) is 6.76. The number of nitrogens with zero attached hydrogens (tertiary/aromatic N) is 1. The van der Waals surface area contributed by atoms with E-state index in [1.807, 2.05) is 0 Å². The quantitative estimate of drug-likeness (QED) is 0.843. The van der Waals surface area contributed by atoms with E-state index in [0.717, 1.165) is 19.5 Å². The minimum absolute atomic E-state index is 0.297. The molecule has 2 heteroatoms. The minimum Gasteiger partial charge on any atom is -0.395 e. The van der Waals surface area contributed by atoms with Gasteiger partial charge in [0.15, 0.2) is 0 Å². The van der Waals surface area contributed by atoms with Gasteiger partial charge in [0.2, 0.25) is 0 Å². The summed E-state index contributed by atoms with van der Waals surface area (Å²) in [5.74, 6) is 0. The van der Waals surface area contributed by atoms with Crippen LogP contribution in [0.15, 0.2) is 18.2 Å². The molecule has 1 fully saturated rings. The van der Waals surface area contributed by atoms with Crippen LogP contribution in [0, 0.1) is 13.8 Å². The van der Waals surface area contributed by atoms with Crippen molar-refractivity contribution in [1.82, 2.24) is 4.90 Å². The van der Waals surface area contributed by atoms with Gasteiger partial charge in [-0.05, 0) is 49.9 Å². The average Bonchev–Trinajstić information content (AvgIpc) is 2.71. The fraction of sp³-hybridized carbons (Fsp3) is 0.571. The molecule has 0 aromatic heterocycles. The summed E-state index contributed by atoms with van der Waals surface area (Å²) in [4.78, 5) is 2.41. The zero-order valence-corrected chi connectivity index (χ0v) is 10.2. The van der Waals surface area contributed by atoms with Crippen LogP contribution in [0.25, 0.3) is 0 Å². The zero-order valence-electron chi connectivity index (χ0n) is 10.2. The molecule has 0 saturated carbocycles. The molecule has 1 atom stereocenters. The molecule has 16 heavy (non-hydrogen) atoms. The maximum Gasteiger partial charge on any atom is 0.0587 e. The Kier molecular flexibility index (Phi) is 3.62. The van der Waals surface area contributed by atoms with Crippen molar-refractivity contribution < 1.29 is 5.11 Å².